The number of aromatic hydroxyl groups is 3. The normalized spacial score (nSPS) is 20.2. The Morgan fingerprint density at radius 2 is 1.56 bits per heavy atom. The number of ketones is 1. The van der Waals surface area contributed by atoms with Gasteiger partial charge in [0.05, 0.1) is 0 Å². The highest BCUT2D eigenvalue weighted by atomic mass is 32.3. The quantitative estimate of drug-likeness (QED) is 0.257. The molecule has 1 heterocycles. The van der Waals surface area contributed by atoms with Gasteiger partial charge in [-0.1, -0.05) is 48.5 Å². The molecule has 2 unspecified atom stereocenters. The van der Waals surface area contributed by atoms with Gasteiger partial charge in [0.1, 0.15) is 11.9 Å². The highest BCUT2D eigenvalue weighted by molar-refractivity contribution is 7.80. The van der Waals surface area contributed by atoms with E-state index >= 15 is 0 Å². The van der Waals surface area contributed by atoms with Gasteiger partial charge in [-0.2, -0.15) is 8.42 Å². The van der Waals surface area contributed by atoms with E-state index in [1.807, 2.05) is 0 Å². The Hall–Kier alpha value is -3.60. The first-order chi connectivity index (χ1) is 15.1. The van der Waals surface area contributed by atoms with Crippen molar-refractivity contribution >= 4 is 16.2 Å². The van der Waals surface area contributed by atoms with Gasteiger partial charge in [0.15, 0.2) is 17.2 Å². The second kappa shape index (κ2) is 7.83. The minimum atomic E-state index is -5.02. The molecule has 0 aromatic heterocycles. The van der Waals surface area contributed by atoms with Crippen LogP contribution in [0.15, 0.2) is 66.7 Å². The minimum Gasteiger partial charge on any atom is -0.504 e. The van der Waals surface area contributed by atoms with Crippen LogP contribution < -0.4 is 4.74 Å². The minimum absolute atomic E-state index is 0.118. The van der Waals surface area contributed by atoms with E-state index in [1.54, 1.807) is 42.5 Å². The molecule has 4 rings (SSSR count). The molecule has 10 heteroatoms. The number of rotatable bonds is 5. The lowest BCUT2D eigenvalue weighted by atomic mass is 9.77. The van der Waals surface area contributed by atoms with Crippen LogP contribution in [-0.4, -0.2) is 40.2 Å². The SMILES string of the molecule is O=C(c1cc(O)c(O)c(O)c1)C1(c2ccccc2)Oc2ccccc2CC1OS(=O)(=O)O. The molecular formula is C22H18O9S. The number of fused-ring (bicyclic) bond motifs is 1. The molecule has 0 bridgehead atoms. The molecule has 0 saturated heterocycles. The smallest absolute Gasteiger partial charge is 0.397 e. The average Bonchev–Trinajstić information content (AvgIpc) is 2.75. The first kappa shape index (κ1) is 21.6. The largest absolute Gasteiger partial charge is 0.504 e. The molecular weight excluding hydrogens is 440 g/mol. The zero-order valence-electron chi connectivity index (χ0n) is 16.4. The lowest BCUT2D eigenvalue weighted by molar-refractivity contribution is -0.0380. The third kappa shape index (κ3) is 3.75. The van der Waals surface area contributed by atoms with Gasteiger partial charge in [-0.25, -0.2) is 4.18 Å². The summed E-state index contributed by atoms with van der Waals surface area (Å²) in [5, 5.41) is 29.5. The molecule has 3 aromatic carbocycles. The number of hydrogen-bond donors (Lipinski definition) is 4. The zero-order chi connectivity index (χ0) is 23.1. The Labute approximate surface area is 183 Å². The zero-order valence-corrected chi connectivity index (χ0v) is 17.2. The molecule has 0 amide bonds. The first-order valence-corrected chi connectivity index (χ1v) is 10.8. The lowest BCUT2D eigenvalue weighted by Gasteiger charge is -2.42. The van der Waals surface area contributed by atoms with Crippen molar-refractivity contribution < 1.29 is 42.0 Å². The summed E-state index contributed by atoms with van der Waals surface area (Å²) in [7, 11) is -5.02. The molecule has 0 radical (unpaired) electrons. The molecule has 0 spiro atoms. The summed E-state index contributed by atoms with van der Waals surface area (Å²) in [5.74, 6) is -2.94. The standard InChI is InChI=1S/C22H18O9S/c23-16-10-14(11-17(24)20(16)25)21(26)22(15-7-2-1-3-8-15)19(31-32(27,28)29)12-13-6-4-5-9-18(13)30-22/h1-11,19,23-25H,12H2,(H,27,28,29). The molecule has 1 aliphatic rings. The Kier molecular flexibility index (Phi) is 5.29. The van der Waals surface area contributed by atoms with Crippen molar-refractivity contribution in [1.82, 2.24) is 0 Å². The third-order valence-electron chi connectivity index (χ3n) is 5.21. The van der Waals surface area contributed by atoms with E-state index in [-0.39, 0.29) is 23.3 Å². The second-order valence-electron chi connectivity index (χ2n) is 7.22. The third-order valence-corrected chi connectivity index (χ3v) is 5.69. The van der Waals surface area contributed by atoms with Crippen LogP contribution in [0.1, 0.15) is 21.5 Å². The van der Waals surface area contributed by atoms with Crippen LogP contribution in [0.5, 0.6) is 23.0 Å². The number of carbonyl (C=O) groups excluding carboxylic acids is 1. The predicted molar refractivity (Wildman–Crippen MR) is 111 cm³/mol. The molecule has 0 fully saturated rings. The Morgan fingerprint density at radius 1 is 0.969 bits per heavy atom. The van der Waals surface area contributed by atoms with Gasteiger partial charge in [-0.3, -0.25) is 9.35 Å². The molecule has 1 aliphatic heterocycles. The van der Waals surface area contributed by atoms with Crippen LogP contribution in [0.2, 0.25) is 0 Å². The summed E-state index contributed by atoms with van der Waals surface area (Å²) < 4.78 is 43.9. The molecule has 0 saturated carbocycles. The maximum absolute atomic E-state index is 13.9. The molecule has 9 nitrogen and oxygen atoms in total. The van der Waals surface area contributed by atoms with Gasteiger partial charge >= 0.3 is 10.4 Å². The van der Waals surface area contributed by atoms with Crippen molar-refractivity contribution in [2.24, 2.45) is 0 Å². The number of hydrogen-bond acceptors (Lipinski definition) is 8. The number of benzene rings is 3. The molecule has 166 valence electrons. The maximum Gasteiger partial charge on any atom is 0.397 e. The van der Waals surface area contributed by atoms with E-state index < -0.39 is 45.1 Å². The molecule has 32 heavy (non-hydrogen) atoms. The highest BCUT2D eigenvalue weighted by Crippen LogP contribution is 2.45. The van der Waals surface area contributed by atoms with E-state index in [0.717, 1.165) is 12.1 Å². The lowest BCUT2D eigenvalue weighted by Crippen LogP contribution is -2.56. The van der Waals surface area contributed by atoms with E-state index in [4.69, 9.17) is 8.92 Å². The summed E-state index contributed by atoms with van der Waals surface area (Å²) in [6, 6.07) is 16.4. The number of para-hydroxylation sites is 1. The van der Waals surface area contributed by atoms with Crippen molar-refractivity contribution in [1.29, 1.82) is 0 Å². The van der Waals surface area contributed by atoms with Gasteiger partial charge < -0.3 is 20.1 Å². The van der Waals surface area contributed by atoms with E-state index in [9.17, 15) is 33.1 Å². The Bertz CT molecular complexity index is 1260. The van der Waals surface area contributed by atoms with Crippen molar-refractivity contribution in [2.45, 2.75) is 18.1 Å². The van der Waals surface area contributed by atoms with Crippen LogP contribution in [-0.2, 0) is 26.6 Å². The predicted octanol–water partition coefficient (Wildman–Crippen LogP) is 2.70. The fourth-order valence-electron chi connectivity index (χ4n) is 3.81. The van der Waals surface area contributed by atoms with Gasteiger partial charge in [-0.05, 0) is 23.8 Å². The van der Waals surface area contributed by atoms with Crippen molar-refractivity contribution in [3.63, 3.8) is 0 Å². The van der Waals surface area contributed by atoms with E-state index in [1.165, 1.54) is 12.1 Å². The van der Waals surface area contributed by atoms with Crippen LogP contribution >= 0.6 is 0 Å². The van der Waals surface area contributed by atoms with Gasteiger partial charge in [-0.15, -0.1) is 0 Å². The number of ether oxygens (including phenoxy) is 1. The van der Waals surface area contributed by atoms with Gasteiger partial charge in [0.2, 0.25) is 11.4 Å². The first-order valence-electron chi connectivity index (χ1n) is 9.39. The van der Waals surface area contributed by atoms with E-state index in [0.29, 0.717) is 5.56 Å². The maximum atomic E-state index is 13.9. The summed E-state index contributed by atoms with van der Waals surface area (Å²) in [5.41, 5.74) is -1.66. The van der Waals surface area contributed by atoms with Crippen molar-refractivity contribution in [2.75, 3.05) is 0 Å². The van der Waals surface area contributed by atoms with Crippen LogP contribution in [0.3, 0.4) is 0 Å². The Balaban J connectivity index is 1.99. The molecule has 2 atom stereocenters. The average molecular weight is 458 g/mol. The van der Waals surface area contributed by atoms with E-state index in [2.05, 4.69) is 0 Å². The monoisotopic (exact) mass is 458 g/mol. The molecule has 3 aromatic rings. The van der Waals surface area contributed by atoms with Crippen LogP contribution in [0.25, 0.3) is 0 Å². The highest BCUT2D eigenvalue weighted by Gasteiger charge is 2.55. The van der Waals surface area contributed by atoms with Crippen molar-refractivity contribution in [3.8, 4) is 23.0 Å². The summed E-state index contributed by atoms with van der Waals surface area (Å²) >= 11 is 0. The fourth-order valence-corrected chi connectivity index (χ4v) is 4.30. The summed E-state index contributed by atoms with van der Waals surface area (Å²) in [6.07, 6.45) is -1.66. The Morgan fingerprint density at radius 3 is 2.19 bits per heavy atom. The number of carbonyl (C=O) groups is 1. The number of Topliss-reactive ketones (excluding diaryl/α,β-unsaturated/α-hetero) is 1. The van der Waals surface area contributed by atoms with Crippen LogP contribution in [0, 0.1) is 0 Å². The summed E-state index contributed by atoms with van der Waals surface area (Å²) in [4.78, 5) is 13.9. The second-order valence-corrected chi connectivity index (χ2v) is 8.27. The summed E-state index contributed by atoms with van der Waals surface area (Å²) in [6.45, 7) is 0. The topological polar surface area (TPSA) is 151 Å². The number of phenolic OH excluding ortho intramolecular Hbond substituents is 3. The fraction of sp³-hybridized carbons (Fsp3) is 0.136. The van der Waals surface area contributed by atoms with Gasteiger partial charge in [0, 0.05) is 17.5 Å². The van der Waals surface area contributed by atoms with Crippen molar-refractivity contribution in [3.05, 3.63) is 83.4 Å². The molecule has 4 N–H and O–H groups in total. The number of phenols is 3. The van der Waals surface area contributed by atoms with Crippen LogP contribution in [0.4, 0.5) is 0 Å². The van der Waals surface area contributed by atoms with Gasteiger partial charge in [0.25, 0.3) is 0 Å². The molecule has 0 aliphatic carbocycles.